The lowest BCUT2D eigenvalue weighted by atomic mass is 10.2. The number of carbonyl (C=O) groups is 1. The molecule has 0 saturated carbocycles. The predicted octanol–water partition coefficient (Wildman–Crippen LogP) is 2.50. The van der Waals surface area contributed by atoms with Gasteiger partial charge in [-0.15, -0.1) is 10.2 Å². The van der Waals surface area contributed by atoms with Gasteiger partial charge in [-0.1, -0.05) is 23.7 Å². The smallest absolute Gasteiger partial charge is 0.258 e. The third-order valence-corrected chi connectivity index (χ3v) is 4.78. The third-order valence-electron chi connectivity index (χ3n) is 4.45. The highest BCUT2D eigenvalue weighted by molar-refractivity contribution is 6.34. The van der Waals surface area contributed by atoms with Crippen LogP contribution >= 0.6 is 11.6 Å². The van der Waals surface area contributed by atoms with E-state index in [0.29, 0.717) is 16.4 Å². The van der Waals surface area contributed by atoms with Gasteiger partial charge in [-0.05, 0) is 30.3 Å². The number of rotatable bonds is 4. The standard InChI is InChI=1S/C19H18ClN7O/c20-15-5-2-1-4-14(15)18(28)23-16-6-7-17(25-24-16)26-10-12-27(13-11-26)19-21-8-3-9-22-19/h1-9H,10-13H2,(H,23,24,28). The molecule has 4 rings (SSSR count). The quantitative estimate of drug-likeness (QED) is 0.726. The van der Waals surface area contributed by atoms with Gasteiger partial charge in [-0.3, -0.25) is 4.79 Å². The Bertz CT molecular complexity index is 944. The Hall–Kier alpha value is -3.26. The summed E-state index contributed by atoms with van der Waals surface area (Å²) < 4.78 is 0. The first-order chi connectivity index (χ1) is 13.7. The first kappa shape index (κ1) is 18.1. The minimum Gasteiger partial charge on any atom is -0.352 e. The van der Waals surface area contributed by atoms with Crippen LogP contribution in [-0.2, 0) is 0 Å². The molecule has 0 spiro atoms. The highest BCUT2D eigenvalue weighted by atomic mass is 35.5. The summed E-state index contributed by atoms with van der Waals surface area (Å²) in [6.07, 6.45) is 3.49. The fraction of sp³-hybridized carbons (Fsp3) is 0.211. The molecule has 0 atom stereocenters. The summed E-state index contributed by atoms with van der Waals surface area (Å²) in [5.74, 6) is 1.57. The maximum absolute atomic E-state index is 12.3. The molecule has 1 aliphatic heterocycles. The number of hydrogen-bond acceptors (Lipinski definition) is 7. The van der Waals surface area contributed by atoms with Crippen LogP contribution in [0.2, 0.25) is 5.02 Å². The molecule has 1 amide bonds. The molecule has 8 nitrogen and oxygen atoms in total. The van der Waals surface area contributed by atoms with Crippen LogP contribution in [0.1, 0.15) is 10.4 Å². The van der Waals surface area contributed by atoms with E-state index in [1.807, 2.05) is 6.07 Å². The van der Waals surface area contributed by atoms with E-state index < -0.39 is 0 Å². The summed E-state index contributed by atoms with van der Waals surface area (Å²) >= 11 is 6.05. The van der Waals surface area contributed by atoms with Gasteiger partial charge in [0.25, 0.3) is 5.91 Å². The molecule has 1 aliphatic rings. The second kappa shape index (κ2) is 8.18. The molecule has 1 aromatic carbocycles. The molecule has 1 saturated heterocycles. The summed E-state index contributed by atoms with van der Waals surface area (Å²) in [5, 5.41) is 11.5. The van der Waals surface area contributed by atoms with Crippen molar-refractivity contribution in [1.82, 2.24) is 20.2 Å². The normalized spacial score (nSPS) is 14.0. The van der Waals surface area contributed by atoms with Gasteiger partial charge in [0.2, 0.25) is 5.95 Å². The Morgan fingerprint density at radius 1 is 0.893 bits per heavy atom. The molecule has 3 aromatic rings. The molecule has 0 radical (unpaired) electrons. The van der Waals surface area contributed by atoms with E-state index in [2.05, 4.69) is 35.3 Å². The predicted molar refractivity (Wildman–Crippen MR) is 108 cm³/mol. The maximum atomic E-state index is 12.3. The molecule has 28 heavy (non-hydrogen) atoms. The Morgan fingerprint density at radius 2 is 1.61 bits per heavy atom. The lowest BCUT2D eigenvalue weighted by Gasteiger charge is -2.35. The van der Waals surface area contributed by atoms with E-state index in [4.69, 9.17) is 11.6 Å². The monoisotopic (exact) mass is 395 g/mol. The molecule has 3 heterocycles. The van der Waals surface area contributed by atoms with Crippen molar-refractivity contribution in [2.24, 2.45) is 0 Å². The molecular formula is C19H18ClN7O. The average Bonchev–Trinajstić information content (AvgIpc) is 2.75. The summed E-state index contributed by atoms with van der Waals surface area (Å²) in [6, 6.07) is 12.3. The van der Waals surface area contributed by atoms with E-state index in [1.54, 1.807) is 48.8 Å². The summed E-state index contributed by atoms with van der Waals surface area (Å²) in [5.41, 5.74) is 0.397. The summed E-state index contributed by atoms with van der Waals surface area (Å²) in [4.78, 5) is 25.2. The van der Waals surface area contributed by atoms with Gasteiger partial charge in [0.15, 0.2) is 11.6 Å². The van der Waals surface area contributed by atoms with Crippen LogP contribution in [0, 0.1) is 0 Å². The van der Waals surface area contributed by atoms with Crippen LogP contribution in [0.3, 0.4) is 0 Å². The summed E-state index contributed by atoms with van der Waals surface area (Å²) in [6.45, 7) is 3.18. The molecule has 0 bridgehead atoms. The van der Waals surface area contributed by atoms with Crippen LogP contribution in [0.15, 0.2) is 54.9 Å². The highest BCUT2D eigenvalue weighted by Crippen LogP contribution is 2.18. The zero-order valence-corrected chi connectivity index (χ0v) is 15.8. The Labute approximate surface area is 167 Å². The third kappa shape index (κ3) is 4.01. The first-order valence-electron chi connectivity index (χ1n) is 8.87. The van der Waals surface area contributed by atoms with Crippen LogP contribution in [0.25, 0.3) is 0 Å². The van der Waals surface area contributed by atoms with Gasteiger partial charge in [-0.25, -0.2) is 9.97 Å². The average molecular weight is 396 g/mol. The van der Waals surface area contributed by atoms with Gasteiger partial charge >= 0.3 is 0 Å². The van der Waals surface area contributed by atoms with Crippen LogP contribution in [0.5, 0.6) is 0 Å². The largest absolute Gasteiger partial charge is 0.352 e. The molecule has 0 aliphatic carbocycles. The molecule has 2 aromatic heterocycles. The lowest BCUT2D eigenvalue weighted by molar-refractivity contribution is 0.102. The van der Waals surface area contributed by atoms with Gasteiger partial charge in [0.05, 0.1) is 10.6 Å². The molecule has 0 unspecified atom stereocenters. The van der Waals surface area contributed by atoms with Crippen molar-refractivity contribution >= 4 is 35.1 Å². The number of amides is 1. The van der Waals surface area contributed by atoms with Crippen molar-refractivity contribution in [2.45, 2.75) is 0 Å². The zero-order valence-electron chi connectivity index (χ0n) is 15.0. The number of benzene rings is 1. The zero-order chi connectivity index (χ0) is 19.3. The van der Waals surface area contributed by atoms with Crippen LogP contribution in [-0.4, -0.2) is 52.3 Å². The van der Waals surface area contributed by atoms with Crippen molar-refractivity contribution in [3.05, 3.63) is 65.4 Å². The number of aromatic nitrogens is 4. The van der Waals surface area contributed by atoms with Gasteiger partial charge in [0, 0.05) is 38.6 Å². The second-order valence-electron chi connectivity index (χ2n) is 6.23. The van der Waals surface area contributed by atoms with E-state index in [9.17, 15) is 4.79 Å². The highest BCUT2D eigenvalue weighted by Gasteiger charge is 2.20. The Balaban J connectivity index is 1.36. The first-order valence-corrected chi connectivity index (χ1v) is 9.25. The minimum absolute atomic E-state index is 0.316. The van der Waals surface area contributed by atoms with Gasteiger partial charge < -0.3 is 15.1 Å². The Morgan fingerprint density at radius 3 is 2.29 bits per heavy atom. The number of nitrogens with one attached hydrogen (secondary N) is 1. The SMILES string of the molecule is O=C(Nc1ccc(N2CCN(c3ncccn3)CC2)nn1)c1ccccc1Cl. The molecule has 9 heteroatoms. The Kier molecular flexibility index (Phi) is 5.29. The van der Waals surface area contributed by atoms with Crippen LogP contribution in [0.4, 0.5) is 17.6 Å². The van der Waals surface area contributed by atoms with Crippen molar-refractivity contribution in [3.63, 3.8) is 0 Å². The van der Waals surface area contributed by atoms with E-state index in [0.717, 1.165) is 37.9 Å². The second-order valence-corrected chi connectivity index (χ2v) is 6.64. The van der Waals surface area contributed by atoms with Gasteiger partial charge in [-0.2, -0.15) is 0 Å². The maximum Gasteiger partial charge on any atom is 0.258 e. The van der Waals surface area contributed by atoms with Crippen molar-refractivity contribution in [2.75, 3.05) is 41.3 Å². The lowest BCUT2D eigenvalue weighted by Crippen LogP contribution is -2.47. The van der Waals surface area contributed by atoms with Crippen molar-refractivity contribution in [3.8, 4) is 0 Å². The van der Waals surface area contributed by atoms with E-state index in [1.165, 1.54) is 0 Å². The minimum atomic E-state index is -0.316. The van der Waals surface area contributed by atoms with Crippen molar-refractivity contribution < 1.29 is 4.79 Å². The topological polar surface area (TPSA) is 87.1 Å². The fourth-order valence-electron chi connectivity index (χ4n) is 2.98. The number of nitrogens with zero attached hydrogens (tertiary/aromatic N) is 6. The number of halogens is 1. The molecule has 142 valence electrons. The van der Waals surface area contributed by atoms with Gasteiger partial charge in [0.1, 0.15) is 0 Å². The summed E-state index contributed by atoms with van der Waals surface area (Å²) in [7, 11) is 0. The number of anilines is 3. The number of hydrogen-bond donors (Lipinski definition) is 1. The van der Waals surface area contributed by atoms with E-state index in [-0.39, 0.29) is 5.91 Å². The fourth-order valence-corrected chi connectivity index (χ4v) is 3.20. The molecule has 1 N–H and O–H groups in total. The van der Waals surface area contributed by atoms with Crippen molar-refractivity contribution in [1.29, 1.82) is 0 Å². The number of piperazine rings is 1. The van der Waals surface area contributed by atoms with Crippen LogP contribution < -0.4 is 15.1 Å². The number of carbonyl (C=O) groups excluding carboxylic acids is 1. The molecular weight excluding hydrogens is 378 g/mol. The molecule has 1 fully saturated rings. The van der Waals surface area contributed by atoms with E-state index >= 15 is 0 Å².